The number of carboxylic acid groups (broad SMARTS) is 1. The van der Waals surface area contributed by atoms with Crippen LogP contribution in [0, 0.1) is 5.92 Å². The summed E-state index contributed by atoms with van der Waals surface area (Å²) in [4.78, 5) is 18.8. The summed E-state index contributed by atoms with van der Waals surface area (Å²) in [6.07, 6.45) is 4.42. The molecule has 0 spiro atoms. The van der Waals surface area contributed by atoms with Gasteiger partial charge in [0.1, 0.15) is 12.1 Å². The molecule has 0 aliphatic rings. The fourth-order valence-electron chi connectivity index (χ4n) is 2.03. The molecule has 1 unspecified atom stereocenters. The van der Waals surface area contributed by atoms with Gasteiger partial charge in [-0.1, -0.05) is 13.3 Å². The summed E-state index contributed by atoms with van der Waals surface area (Å²) in [6.45, 7) is 6.75. The summed E-state index contributed by atoms with van der Waals surface area (Å²) in [5.74, 6) is 0.976. The Balaban J connectivity index is 2.38. The Hall–Kier alpha value is -1.85. The first-order valence-corrected chi connectivity index (χ1v) is 7.45. The van der Waals surface area contributed by atoms with E-state index < -0.39 is 5.97 Å². The number of ether oxygens (including phenoxy) is 1. The molecule has 0 amide bonds. The molecule has 0 radical (unpaired) electrons. The molecule has 21 heavy (non-hydrogen) atoms. The number of anilines is 1. The van der Waals surface area contributed by atoms with Crippen molar-refractivity contribution in [3.8, 4) is 5.88 Å². The van der Waals surface area contributed by atoms with Crippen molar-refractivity contribution in [3.63, 3.8) is 0 Å². The second kappa shape index (κ2) is 9.15. The zero-order valence-corrected chi connectivity index (χ0v) is 13.0. The van der Waals surface area contributed by atoms with Crippen molar-refractivity contribution in [1.82, 2.24) is 9.97 Å². The average Bonchev–Trinajstić information content (AvgIpc) is 2.42. The number of nitrogens with zero attached hydrogens (tertiary/aromatic N) is 2. The van der Waals surface area contributed by atoms with E-state index in [1.165, 1.54) is 6.33 Å². The summed E-state index contributed by atoms with van der Waals surface area (Å²) >= 11 is 0. The van der Waals surface area contributed by atoms with Gasteiger partial charge in [0.25, 0.3) is 0 Å². The largest absolute Gasteiger partial charge is 0.481 e. The Morgan fingerprint density at radius 2 is 2.14 bits per heavy atom. The predicted octanol–water partition coefficient (Wildman–Crippen LogP) is 2.96. The van der Waals surface area contributed by atoms with Crippen molar-refractivity contribution >= 4 is 11.8 Å². The van der Waals surface area contributed by atoms with Crippen LogP contribution >= 0.6 is 0 Å². The highest BCUT2D eigenvalue weighted by molar-refractivity contribution is 5.66. The molecule has 2 N–H and O–H groups in total. The van der Waals surface area contributed by atoms with E-state index in [-0.39, 0.29) is 12.5 Å². The zero-order chi connectivity index (χ0) is 15.7. The number of carboxylic acids is 1. The number of aromatic nitrogens is 2. The lowest BCUT2D eigenvalue weighted by molar-refractivity contribution is -0.137. The third kappa shape index (κ3) is 7.48. The van der Waals surface area contributed by atoms with E-state index in [9.17, 15) is 4.79 Å². The van der Waals surface area contributed by atoms with Gasteiger partial charge in [0.15, 0.2) is 0 Å². The van der Waals surface area contributed by atoms with Gasteiger partial charge in [-0.15, -0.1) is 0 Å². The van der Waals surface area contributed by atoms with Gasteiger partial charge in [0.2, 0.25) is 5.88 Å². The maximum absolute atomic E-state index is 10.6. The normalized spacial score (nSPS) is 12.2. The van der Waals surface area contributed by atoms with Crippen LogP contribution < -0.4 is 10.1 Å². The molecule has 0 aliphatic carbocycles. The second-order valence-corrected chi connectivity index (χ2v) is 5.33. The van der Waals surface area contributed by atoms with Crippen LogP contribution in [0.1, 0.15) is 46.5 Å². The maximum Gasteiger partial charge on any atom is 0.303 e. The van der Waals surface area contributed by atoms with E-state index in [2.05, 4.69) is 22.2 Å². The number of rotatable bonds is 10. The SMILES string of the molecule is CCC(CCNc1cc(OC(C)C)ncn1)CCC(=O)O. The molecule has 0 bridgehead atoms. The lowest BCUT2D eigenvalue weighted by atomic mass is 9.97. The van der Waals surface area contributed by atoms with Gasteiger partial charge in [-0.05, 0) is 32.6 Å². The Kier molecular flexibility index (Phi) is 7.50. The van der Waals surface area contributed by atoms with Crippen LogP contribution in [-0.2, 0) is 4.79 Å². The molecule has 6 heteroatoms. The first-order chi connectivity index (χ1) is 10.0. The summed E-state index contributed by atoms with van der Waals surface area (Å²) < 4.78 is 5.51. The Morgan fingerprint density at radius 1 is 1.38 bits per heavy atom. The third-order valence-electron chi connectivity index (χ3n) is 3.20. The minimum Gasteiger partial charge on any atom is -0.481 e. The van der Waals surface area contributed by atoms with Crippen molar-refractivity contribution < 1.29 is 14.6 Å². The lowest BCUT2D eigenvalue weighted by Crippen LogP contribution is -2.12. The van der Waals surface area contributed by atoms with Crippen molar-refractivity contribution in [2.45, 2.75) is 52.6 Å². The van der Waals surface area contributed by atoms with Gasteiger partial charge < -0.3 is 15.2 Å². The van der Waals surface area contributed by atoms with E-state index in [1.807, 2.05) is 13.8 Å². The van der Waals surface area contributed by atoms with Gasteiger partial charge in [0, 0.05) is 19.0 Å². The fourth-order valence-corrected chi connectivity index (χ4v) is 2.03. The molecule has 0 saturated heterocycles. The molecule has 1 heterocycles. The van der Waals surface area contributed by atoms with Gasteiger partial charge in [-0.3, -0.25) is 4.79 Å². The molecular weight excluding hydrogens is 270 g/mol. The Bertz CT molecular complexity index is 438. The van der Waals surface area contributed by atoms with E-state index in [0.717, 1.165) is 31.6 Å². The smallest absolute Gasteiger partial charge is 0.303 e. The van der Waals surface area contributed by atoms with Crippen LogP contribution in [0.2, 0.25) is 0 Å². The van der Waals surface area contributed by atoms with Crippen molar-refractivity contribution in [1.29, 1.82) is 0 Å². The molecule has 6 nitrogen and oxygen atoms in total. The van der Waals surface area contributed by atoms with Crippen LogP contribution in [0.4, 0.5) is 5.82 Å². The molecule has 1 aromatic rings. The van der Waals surface area contributed by atoms with E-state index in [0.29, 0.717) is 11.8 Å². The van der Waals surface area contributed by atoms with Crippen molar-refractivity contribution in [2.75, 3.05) is 11.9 Å². The van der Waals surface area contributed by atoms with Crippen LogP contribution in [0.3, 0.4) is 0 Å². The molecule has 1 atom stereocenters. The number of hydrogen-bond acceptors (Lipinski definition) is 5. The molecule has 0 saturated carbocycles. The van der Waals surface area contributed by atoms with Gasteiger partial charge in [-0.2, -0.15) is 0 Å². The highest BCUT2D eigenvalue weighted by atomic mass is 16.5. The Labute approximate surface area is 126 Å². The second-order valence-electron chi connectivity index (χ2n) is 5.33. The fraction of sp³-hybridized carbons (Fsp3) is 0.667. The Morgan fingerprint density at radius 3 is 2.76 bits per heavy atom. The number of carbonyl (C=O) groups is 1. The topological polar surface area (TPSA) is 84.3 Å². The van der Waals surface area contributed by atoms with Crippen LogP contribution in [-0.4, -0.2) is 33.7 Å². The highest BCUT2D eigenvalue weighted by Crippen LogP contribution is 2.17. The van der Waals surface area contributed by atoms with E-state index in [4.69, 9.17) is 9.84 Å². The molecule has 0 fully saturated rings. The van der Waals surface area contributed by atoms with E-state index >= 15 is 0 Å². The van der Waals surface area contributed by atoms with Gasteiger partial charge >= 0.3 is 5.97 Å². The summed E-state index contributed by atoms with van der Waals surface area (Å²) in [5, 5.41) is 11.9. The number of nitrogens with one attached hydrogen (secondary N) is 1. The zero-order valence-electron chi connectivity index (χ0n) is 13.0. The highest BCUT2D eigenvalue weighted by Gasteiger charge is 2.09. The standard InChI is InChI=1S/C15H25N3O3/c1-4-12(5-6-15(19)20)7-8-16-13-9-14(18-10-17-13)21-11(2)3/h9-12H,4-8H2,1-3H3,(H,19,20)(H,16,17,18). The molecule has 1 rings (SSSR count). The molecular formula is C15H25N3O3. The van der Waals surface area contributed by atoms with Crippen molar-refractivity contribution in [3.05, 3.63) is 12.4 Å². The minimum absolute atomic E-state index is 0.0771. The van der Waals surface area contributed by atoms with Crippen LogP contribution in [0.15, 0.2) is 12.4 Å². The molecule has 118 valence electrons. The molecule has 1 aromatic heterocycles. The average molecular weight is 295 g/mol. The van der Waals surface area contributed by atoms with Gasteiger partial charge in [0.05, 0.1) is 6.10 Å². The first-order valence-electron chi connectivity index (χ1n) is 7.45. The predicted molar refractivity (Wildman–Crippen MR) is 81.6 cm³/mol. The first kappa shape index (κ1) is 17.2. The number of hydrogen-bond donors (Lipinski definition) is 2. The van der Waals surface area contributed by atoms with Crippen LogP contribution in [0.5, 0.6) is 5.88 Å². The summed E-state index contributed by atoms with van der Waals surface area (Å²) in [6, 6.07) is 1.78. The summed E-state index contributed by atoms with van der Waals surface area (Å²) in [7, 11) is 0. The number of aliphatic carboxylic acids is 1. The van der Waals surface area contributed by atoms with Crippen LogP contribution in [0.25, 0.3) is 0 Å². The quantitative estimate of drug-likeness (QED) is 0.690. The molecule has 0 aromatic carbocycles. The van der Waals surface area contributed by atoms with Gasteiger partial charge in [-0.25, -0.2) is 9.97 Å². The monoisotopic (exact) mass is 295 g/mol. The third-order valence-corrected chi connectivity index (χ3v) is 3.20. The van der Waals surface area contributed by atoms with Crippen molar-refractivity contribution in [2.24, 2.45) is 5.92 Å². The van der Waals surface area contributed by atoms with E-state index in [1.54, 1.807) is 6.07 Å². The lowest BCUT2D eigenvalue weighted by Gasteiger charge is -2.14. The molecule has 0 aliphatic heterocycles. The minimum atomic E-state index is -0.729. The summed E-state index contributed by atoms with van der Waals surface area (Å²) in [5.41, 5.74) is 0. The maximum atomic E-state index is 10.6.